The molecule has 1 amide bonds. The van der Waals surface area contributed by atoms with Gasteiger partial charge in [0.05, 0.1) is 35.4 Å². The molecule has 1 N–H and O–H groups in total. The van der Waals surface area contributed by atoms with Gasteiger partial charge in [0.2, 0.25) is 0 Å². The van der Waals surface area contributed by atoms with Crippen LogP contribution < -0.4 is 10.2 Å². The van der Waals surface area contributed by atoms with E-state index >= 15 is 0 Å². The van der Waals surface area contributed by atoms with Crippen molar-refractivity contribution in [3.63, 3.8) is 0 Å². The summed E-state index contributed by atoms with van der Waals surface area (Å²) in [5.41, 5.74) is 1.29. The summed E-state index contributed by atoms with van der Waals surface area (Å²) < 4.78 is 35.2. The van der Waals surface area contributed by atoms with E-state index in [2.05, 4.69) is 5.32 Å². The van der Waals surface area contributed by atoms with Gasteiger partial charge in [-0.3, -0.25) is 4.79 Å². The molecule has 0 bridgehead atoms. The van der Waals surface area contributed by atoms with Crippen molar-refractivity contribution in [1.82, 2.24) is 0 Å². The molecule has 140 valence electrons. The zero-order valence-electron chi connectivity index (χ0n) is 13.7. The van der Waals surface area contributed by atoms with Crippen LogP contribution in [-0.4, -0.2) is 38.0 Å². The van der Waals surface area contributed by atoms with Gasteiger partial charge in [-0.2, -0.15) is 8.78 Å². The number of benzene rings is 1. The van der Waals surface area contributed by atoms with Gasteiger partial charge in [0, 0.05) is 13.1 Å². The van der Waals surface area contributed by atoms with E-state index in [1.807, 2.05) is 4.90 Å². The SMILES string of the molecule is O=C(Nc1cccc(Cl)c1N1CCOCC1)c1ccc(CSC(F)F)o1. The maximum absolute atomic E-state index is 12.5. The molecule has 2 heterocycles. The average molecular weight is 403 g/mol. The van der Waals surface area contributed by atoms with Gasteiger partial charge in [-0.05, 0) is 24.3 Å². The summed E-state index contributed by atoms with van der Waals surface area (Å²) in [6.45, 7) is 2.51. The van der Waals surface area contributed by atoms with Gasteiger partial charge >= 0.3 is 0 Å². The fraction of sp³-hybridized carbons (Fsp3) is 0.353. The fourth-order valence-corrected chi connectivity index (χ4v) is 3.37. The standard InChI is InChI=1S/C17H17ClF2N2O3S/c18-12-2-1-3-13(15(12)22-6-8-24-9-7-22)21-16(23)14-5-4-11(25-14)10-26-17(19)20/h1-5,17H,6-10H2,(H,21,23). The van der Waals surface area contributed by atoms with Crippen LogP contribution in [0.4, 0.5) is 20.2 Å². The molecule has 1 aliphatic heterocycles. The number of rotatable bonds is 6. The first kappa shape index (κ1) is 19.0. The Morgan fingerprint density at radius 3 is 2.77 bits per heavy atom. The number of anilines is 2. The van der Waals surface area contributed by atoms with Crippen molar-refractivity contribution in [1.29, 1.82) is 0 Å². The van der Waals surface area contributed by atoms with Crippen molar-refractivity contribution in [3.05, 3.63) is 46.9 Å². The zero-order chi connectivity index (χ0) is 18.5. The summed E-state index contributed by atoms with van der Waals surface area (Å²) in [4.78, 5) is 14.5. The van der Waals surface area contributed by atoms with Crippen LogP contribution in [-0.2, 0) is 10.5 Å². The van der Waals surface area contributed by atoms with E-state index in [0.717, 1.165) is 5.69 Å². The lowest BCUT2D eigenvalue weighted by atomic mass is 10.2. The molecule has 0 aliphatic carbocycles. The molecule has 0 saturated carbocycles. The van der Waals surface area contributed by atoms with Crippen LogP contribution in [0.3, 0.4) is 0 Å². The van der Waals surface area contributed by atoms with Crippen LogP contribution in [0.25, 0.3) is 0 Å². The Bertz CT molecular complexity index is 766. The molecule has 1 fully saturated rings. The lowest BCUT2D eigenvalue weighted by Crippen LogP contribution is -2.37. The number of para-hydroxylation sites is 1. The van der Waals surface area contributed by atoms with E-state index in [1.165, 1.54) is 12.1 Å². The minimum atomic E-state index is -2.49. The second-order valence-corrected chi connectivity index (χ2v) is 6.91. The second kappa shape index (κ2) is 8.75. The number of ether oxygens (including phenoxy) is 1. The van der Waals surface area contributed by atoms with E-state index in [-0.39, 0.29) is 11.5 Å². The van der Waals surface area contributed by atoms with Gasteiger partial charge in [-0.15, -0.1) is 0 Å². The second-order valence-electron chi connectivity index (χ2n) is 5.53. The van der Waals surface area contributed by atoms with Gasteiger partial charge in [0.1, 0.15) is 5.76 Å². The third-order valence-corrected chi connectivity index (χ3v) is 4.81. The van der Waals surface area contributed by atoms with Crippen LogP contribution >= 0.6 is 23.4 Å². The molecule has 3 rings (SSSR count). The maximum Gasteiger partial charge on any atom is 0.291 e. The Balaban J connectivity index is 1.74. The molecule has 5 nitrogen and oxygen atoms in total. The maximum atomic E-state index is 12.5. The van der Waals surface area contributed by atoms with E-state index in [1.54, 1.807) is 18.2 Å². The number of thioether (sulfide) groups is 1. The molecule has 0 atom stereocenters. The molecule has 0 spiro atoms. The Kier molecular flexibility index (Phi) is 6.39. The first-order valence-corrected chi connectivity index (χ1v) is 9.38. The zero-order valence-corrected chi connectivity index (χ0v) is 15.3. The molecule has 1 aliphatic rings. The van der Waals surface area contributed by atoms with Crippen LogP contribution in [0.5, 0.6) is 0 Å². The molecule has 0 radical (unpaired) electrons. The minimum absolute atomic E-state index is 0.00113. The summed E-state index contributed by atoms with van der Waals surface area (Å²) in [5, 5.41) is 3.31. The Labute approximate surface area is 158 Å². The van der Waals surface area contributed by atoms with Gasteiger partial charge in [0.25, 0.3) is 11.7 Å². The number of furan rings is 1. The van der Waals surface area contributed by atoms with Gasteiger partial charge in [-0.1, -0.05) is 29.4 Å². The number of halogens is 3. The third kappa shape index (κ3) is 4.69. The van der Waals surface area contributed by atoms with Gasteiger partial charge in [0.15, 0.2) is 5.76 Å². The van der Waals surface area contributed by atoms with Crippen molar-refractivity contribution in [2.45, 2.75) is 11.5 Å². The monoisotopic (exact) mass is 402 g/mol. The van der Waals surface area contributed by atoms with Crippen molar-refractivity contribution >= 4 is 40.6 Å². The van der Waals surface area contributed by atoms with Crippen LogP contribution in [0.2, 0.25) is 5.02 Å². The highest BCUT2D eigenvalue weighted by atomic mass is 35.5. The van der Waals surface area contributed by atoms with Crippen molar-refractivity contribution in [2.24, 2.45) is 0 Å². The van der Waals surface area contributed by atoms with Crippen LogP contribution in [0.1, 0.15) is 16.3 Å². The topological polar surface area (TPSA) is 54.7 Å². The molecule has 26 heavy (non-hydrogen) atoms. The number of nitrogens with one attached hydrogen (secondary N) is 1. The first-order chi connectivity index (χ1) is 12.5. The van der Waals surface area contributed by atoms with Crippen LogP contribution in [0.15, 0.2) is 34.7 Å². The number of hydrogen-bond donors (Lipinski definition) is 1. The van der Waals surface area contributed by atoms with Crippen molar-refractivity contribution in [2.75, 3.05) is 36.5 Å². The van der Waals surface area contributed by atoms with E-state index in [0.29, 0.717) is 54.5 Å². The minimum Gasteiger partial charge on any atom is -0.455 e. The molecule has 0 unspecified atom stereocenters. The molecule has 2 aromatic rings. The Morgan fingerprint density at radius 1 is 1.27 bits per heavy atom. The third-order valence-electron chi connectivity index (χ3n) is 3.80. The van der Waals surface area contributed by atoms with Gasteiger partial charge in [-0.25, -0.2) is 0 Å². The molecule has 1 saturated heterocycles. The average Bonchev–Trinajstić information content (AvgIpc) is 3.10. The Hall–Kier alpha value is -1.77. The number of morpholine rings is 1. The number of amides is 1. The predicted molar refractivity (Wildman–Crippen MR) is 98.4 cm³/mol. The highest BCUT2D eigenvalue weighted by molar-refractivity contribution is 7.98. The smallest absolute Gasteiger partial charge is 0.291 e. The number of carbonyl (C=O) groups is 1. The van der Waals surface area contributed by atoms with E-state index in [4.69, 9.17) is 20.8 Å². The summed E-state index contributed by atoms with van der Waals surface area (Å²) in [7, 11) is 0. The summed E-state index contributed by atoms with van der Waals surface area (Å²) in [5.74, 6) is -2.57. The Morgan fingerprint density at radius 2 is 2.04 bits per heavy atom. The fourth-order valence-electron chi connectivity index (χ4n) is 2.63. The number of nitrogens with zero attached hydrogens (tertiary/aromatic N) is 1. The normalized spacial score (nSPS) is 14.7. The highest BCUT2D eigenvalue weighted by Gasteiger charge is 2.20. The number of carbonyl (C=O) groups excluding carboxylic acids is 1. The molecule has 1 aromatic carbocycles. The van der Waals surface area contributed by atoms with Crippen LogP contribution in [0, 0.1) is 0 Å². The van der Waals surface area contributed by atoms with Crippen molar-refractivity contribution < 1.29 is 22.7 Å². The number of alkyl halides is 2. The first-order valence-electron chi connectivity index (χ1n) is 7.95. The quantitative estimate of drug-likeness (QED) is 0.772. The predicted octanol–water partition coefficient (Wildman–Crippen LogP) is 4.48. The lowest BCUT2D eigenvalue weighted by Gasteiger charge is -2.31. The highest BCUT2D eigenvalue weighted by Crippen LogP contribution is 2.34. The summed E-state index contributed by atoms with van der Waals surface area (Å²) in [6.07, 6.45) is 0. The number of hydrogen-bond acceptors (Lipinski definition) is 5. The lowest BCUT2D eigenvalue weighted by molar-refractivity contribution is 0.0995. The summed E-state index contributed by atoms with van der Waals surface area (Å²) >= 11 is 6.78. The molecule has 1 aromatic heterocycles. The molecular weight excluding hydrogens is 386 g/mol. The molecular formula is C17H17ClF2N2O3S. The summed E-state index contributed by atoms with van der Waals surface area (Å²) in [6, 6.07) is 8.25. The van der Waals surface area contributed by atoms with Gasteiger partial charge < -0.3 is 19.4 Å². The van der Waals surface area contributed by atoms with E-state index in [9.17, 15) is 13.6 Å². The van der Waals surface area contributed by atoms with E-state index < -0.39 is 11.7 Å². The largest absolute Gasteiger partial charge is 0.455 e. The molecule has 9 heteroatoms. The van der Waals surface area contributed by atoms with Crippen molar-refractivity contribution in [3.8, 4) is 0 Å².